The first-order valence-electron chi connectivity index (χ1n) is 4.51. The second kappa shape index (κ2) is 5.04. The van der Waals surface area contributed by atoms with E-state index in [9.17, 15) is 9.59 Å². The lowest BCUT2D eigenvalue weighted by Crippen LogP contribution is -2.40. The largest absolute Gasteiger partial charge is 0.303 e. The Hall–Kier alpha value is -0.700. The van der Waals surface area contributed by atoms with E-state index in [1.165, 1.54) is 6.42 Å². The maximum atomic E-state index is 10.6. The molecule has 0 aromatic heterocycles. The van der Waals surface area contributed by atoms with Gasteiger partial charge in [-0.05, 0) is 25.9 Å². The van der Waals surface area contributed by atoms with E-state index in [2.05, 4.69) is 4.90 Å². The molecule has 1 heterocycles. The van der Waals surface area contributed by atoms with Crippen molar-refractivity contribution < 1.29 is 9.59 Å². The van der Waals surface area contributed by atoms with E-state index in [0.29, 0.717) is 6.42 Å². The number of hydrogen-bond donors (Lipinski definition) is 0. The Bertz CT molecular complexity index is 153. The number of carbonyl (C=O) groups is 2. The molecule has 1 rings (SSSR count). The van der Waals surface area contributed by atoms with Crippen molar-refractivity contribution in [1.29, 1.82) is 0 Å². The topological polar surface area (TPSA) is 37.4 Å². The Morgan fingerprint density at radius 2 is 1.83 bits per heavy atom. The van der Waals surface area contributed by atoms with Crippen LogP contribution in [0.4, 0.5) is 0 Å². The van der Waals surface area contributed by atoms with Gasteiger partial charge in [-0.2, -0.15) is 0 Å². The highest BCUT2D eigenvalue weighted by molar-refractivity contribution is 5.65. The molecule has 0 amide bonds. The molecule has 1 atom stereocenters. The first-order valence-corrected chi connectivity index (χ1v) is 4.51. The summed E-state index contributed by atoms with van der Waals surface area (Å²) in [6.07, 6.45) is 5.63. The van der Waals surface area contributed by atoms with Crippen LogP contribution in [-0.2, 0) is 9.59 Å². The van der Waals surface area contributed by atoms with Crippen molar-refractivity contribution in [3.63, 3.8) is 0 Å². The third-order valence-electron chi connectivity index (χ3n) is 2.35. The van der Waals surface area contributed by atoms with Gasteiger partial charge in [0, 0.05) is 6.42 Å². The van der Waals surface area contributed by atoms with E-state index in [1.807, 2.05) is 0 Å². The maximum Gasteiger partial charge on any atom is 0.137 e. The van der Waals surface area contributed by atoms with E-state index in [0.717, 1.165) is 38.5 Å². The first-order chi connectivity index (χ1) is 5.88. The minimum absolute atomic E-state index is 0.164. The molecule has 1 aliphatic rings. The van der Waals surface area contributed by atoms with Crippen LogP contribution in [0, 0.1) is 0 Å². The summed E-state index contributed by atoms with van der Waals surface area (Å²) < 4.78 is 0. The zero-order chi connectivity index (χ0) is 8.81. The van der Waals surface area contributed by atoms with Crippen LogP contribution < -0.4 is 0 Å². The molecular weight excluding hydrogens is 154 g/mol. The number of rotatable bonds is 4. The molecule has 0 N–H and O–H groups in total. The molecule has 1 aliphatic heterocycles. The number of aldehydes is 2. The molecule has 1 saturated heterocycles. The van der Waals surface area contributed by atoms with Gasteiger partial charge in [0.2, 0.25) is 0 Å². The van der Waals surface area contributed by atoms with Gasteiger partial charge in [-0.1, -0.05) is 6.42 Å². The summed E-state index contributed by atoms with van der Waals surface area (Å²) in [5.41, 5.74) is 0. The van der Waals surface area contributed by atoms with Gasteiger partial charge in [0.05, 0.1) is 6.04 Å². The Labute approximate surface area is 72.7 Å². The summed E-state index contributed by atoms with van der Waals surface area (Å²) in [5.74, 6) is 0. The fraction of sp³-hybridized carbons (Fsp3) is 0.778. The summed E-state index contributed by atoms with van der Waals surface area (Å²) >= 11 is 0. The van der Waals surface area contributed by atoms with Crippen LogP contribution in [0.15, 0.2) is 0 Å². The molecular formula is C9H15NO2. The summed E-state index contributed by atoms with van der Waals surface area (Å²) in [4.78, 5) is 22.9. The maximum absolute atomic E-state index is 10.6. The van der Waals surface area contributed by atoms with Crippen molar-refractivity contribution in [2.45, 2.75) is 31.7 Å². The van der Waals surface area contributed by atoms with Crippen LogP contribution in [0.5, 0.6) is 0 Å². The highest BCUT2D eigenvalue weighted by Gasteiger charge is 2.18. The van der Waals surface area contributed by atoms with Gasteiger partial charge in [-0.15, -0.1) is 0 Å². The van der Waals surface area contributed by atoms with E-state index in [1.54, 1.807) is 0 Å². The average Bonchev–Trinajstić information content (AvgIpc) is 2.15. The Kier molecular flexibility index (Phi) is 3.94. The lowest BCUT2D eigenvalue weighted by atomic mass is 10.1. The normalized spacial score (nSPS) is 21.7. The van der Waals surface area contributed by atoms with Crippen molar-refractivity contribution in [2.24, 2.45) is 0 Å². The second-order valence-electron chi connectivity index (χ2n) is 3.20. The van der Waals surface area contributed by atoms with Gasteiger partial charge in [-0.25, -0.2) is 0 Å². The number of carbonyl (C=O) groups excluding carboxylic acids is 2. The molecule has 3 heteroatoms. The van der Waals surface area contributed by atoms with E-state index in [4.69, 9.17) is 0 Å². The van der Waals surface area contributed by atoms with Gasteiger partial charge in [0.15, 0.2) is 0 Å². The number of likely N-dealkylation sites (tertiary alicyclic amines) is 1. The number of hydrogen-bond acceptors (Lipinski definition) is 3. The monoisotopic (exact) mass is 169 g/mol. The highest BCUT2D eigenvalue weighted by atomic mass is 16.1. The summed E-state index contributed by atoms with van der Waals surface area (Å²) in [6.45, 7) is 1.94. The lowest BCUT2D eigenvalue weighted by molar-refractivity contribution is -0.117. The van der Waals surface area contributed by atoms with Crippen LogP contribution >= 0.6 is 0 Å². The fourth-order valence-corrected chi connectivity index (χ4v) is 1.64. The minimum atomic E-state index is -0.164. The third-order valence-corrected chi connectivity index (χ3v) is 2.35. The first kappa shape index (κ1) is 9.39. The molecule has 1 unspecified atom stereocenters. The van der Waals surface area contributed by atoms with Crippen molar-refractivity contribution in [3.05, 3.63) is 0 Å². The number of nitrogens with zero attached hydrogens (tertiary/aromatic N) is 1. The predicted octanol–water partition coefficient (Wildman–Crippen LogP) is 0.629. The average molecular weight is 169 g/mol. The van der Waals surface area contributed by atoms with Crippen molar-refractivity contribution in [3.8, 4) is 0 Å². The Morgan fingerprint density at radius 1 is 1.17 bits per heavy atom. The SMILES string of the molecule is O=CCC(C=O)N1CCCCC1. The predicted molar refractivity (Wildman–Crippen MR) is 46.0 cm³/mol. The summed E-state index contributed by atoms with van der Waals surface area (Å²) in [7, 11) is 0. The van der Waals surface area contributed by atoms with E-state index >= 15 is 0 Å². The van der Waals surface area contributed by atoms with Gasteiger partial charge < -0.3 is 9.59 Å². The summed E-state index contributed by atoms with van der Waals surface area (Å²) in [5, 5.41) is 0. The van der Waals surface area contributed by atoms with E-state index < -0.39 is 0 Å². The molecule has 0 aliphatic carbocycles. The lowest BCUT2D eigenvalue weighted by Gasteiger charge is -2.30. The van der Waals surface area contributed by atoms with Gasteiger partial charge in [-0.3, -0.25) is 4.90 Å². The summed E-state index contributed by atoms with van der Waals surface area (Å²) in [6, 6.07) is -0.164. The van der Waals surface area contributed by atoms with Crippen molar-refractivity contribution in [2.75, 3.05) is 13.1 Å². The molecule has 12 heavy (non-hydrogen) atoms. The zero-order valence-corrected chi connectivity index (χ0v) is 7.24. The third kappa shape index (κ3) is 2.41. The van der Waals surface area contributed by atoms with Gasteiger partial charge >= 0.3 is 0 Å². The molecule has 1 fully saturated rings. The molecule has 0 aromatic carbocycles. The van der Waals surface area contributed by atoms with Crippen LogP contribution in [-0.4, -0.2) is 36.6 Å². The van der Waals surface area contributed by atoms with Crippen molar-refractivity contribution >= 4 is 12.6 Å². The minimum Gasteiger partial charge on any atom is -0.303 e. The quantitative estimate of drug-likeness (QED) is 0.579. The Balaban J connectivity index is 2.39. The highest BCUT2D eigenvalue weighted by Crippen LogP contribution is 2.12. The van der Waals surface area contributed by atoms with Crippen molar-refractivity contribution in [1.82, 2.24) is 4.90 Å². The van der Waals surface area contributed by atoms with Crippen LogP contribution in [0.3, 0.4) is 0 Å². The zero-order valence-electron chi connectivity index (χ0n) is 7.24. The molecule has 3 nitrogen and oxygen atoms in total. The van der Waals surface area contributed by atoms with Gasteiger partial charge in [0.25, 0.3) is 0 Å². The standard InChI is InChI=1S/C9H15NO2/c11-7-4-9(8-12)10-5-2-1-3-6-10/h7-9H,1-6H2. The smallest absolute Gasteiger partial charge is 0.137 e. The van der Waals surface area contributed by atoms with Crippen LogP contribution in [0.25, 0.3) is 0 Å². The fourth-order valence-electron chi connectivity index (χ4n) is 1.64. The molecule has 0 bridgehead atoms. The molecule has 0 spiro atoms. The molecule has 0 aromatic rings. The van der Waals surface area contributed by atoms with E-state index in [-0.39, 0.29) is 6.04 Å². The van der Waals surface area contributed by atoms with Crippen LogP contribution in [0.1, 0.15) is 25.7 Å². The Morgan fingerprint density at radius 3 is 2.33 bits per heavy atom. The van der Waals surface area contributed by atoms with Gasteiger partial charge in [0.1, 0.15) is 12.6 Å². The van der Waals surface area contributed by atoms with Crippen LogP contribution in [0.2, 0.25) is 0 Å². The molecule has 0 saturated carbocycles. The molecule has 68 valence electrons. The number of piperidine rings is 1. The molecule has 0 radical (unpaired) electrons. The second-order valence-corrected chi connectivity index (χ2v) is 3.20.